The summed E-state index contributed by atoms with van der Waals surface area (Å²) in [7, 11) is 0. The molecule has 5 heteroatoms. The Balaban J connectivity index is 1.51. The van der Waals surface area contributed by atoms with Gasteiger partial charge in [-0.2, -0.15) is 0 Å². The molecule has 1 aliphatic heterocycles. The molecule has 5 rings (SSSR count). The summed E-state index contributed by atoms with van der Waals surface area (Å²) in [5.41, 5.74) is 6.38. The van der Waals surface area contributed by atoms with E-state index < -0.39 is 0 Å². The van der Waals surface area contributed by atoms with E-state index in [-0.39, 0.29) is 5.91 Å². The van der Waals surface area contributed by atoms with Crippen LogP contribution in [0.1, 0.15) is 16.0 Å². The fraction of sp³-hybridized carbons (Fsp3) is 0.160. The predicted molar refractivity (Wildman–Crippen MR) is 122 cm³/mol. The molecule has 1 amide bonds. The van der Waals surface area contributed by atoms with E-state index in [9.17, 15) is 4.79 Å². The van der Waals surface area contributed by atoms with Gasteiger partial charge in [-0.15, -0.1) is 11.3 Å². The number of aromatic nitrogens is 2. The molecule has 4 aromatic rings. The lowest BCUT2D eigenvalue weighted by molar-refractivity contribution is -0.117. The first kappa shape index (κ1) is 18.7. The molecule has 0 saturated heterocycles. The van der Waals surface area contributed by atoms with Crippen molar-refractivity contribution < 1.29 is 4.79 Å². The van der Waals surface area contributed by atoms with Gasteiger partial charge in [0.2, 0.25) is 5.91 Å². The normalized spacial score (nSPS) is 12.8. The Morgan fingerprint density at radius 3 is 2.67 bits per heavy atom. The van der Waals surface area contributed by atoms with Crippen molar-refractivity contribution in [1.82, 2.24) is 9.97 Å². The number of pyridine rings is 1. The van der Waals surface area contributed by atoms with Gasteiger partial charge in [0.05, 0.1) is 12.1 Å². The second-order valence-electron chi connectivity index (χ2n) is 7.50. The number of amides is 1. The van der Waals surface area contributed by atoms with Crippen LogP contribution in [0, 0.1) is 6.92 Å². The molecule has 0 bridgehead atoms. The summed E-state index contributed by atoms with van der Waals surface area (Å²) in [5.74, 6) is 0.120. The maximum Gasteiger partial charge on any atom is 0.232 e. The third kappa shape index (κ3) is 3.53. The van der Waals surface area contributed by atoms with Crippen molar-refractivity contribution in [3.8, 4) is 21.8 Å². The number of rotatable bonds is 4. The van der Waals surface area contributed by atoms with Gasteiger partial charge in [0.15, 0.2) is 0 Å². The Hall–Kier alpha value is -3.31. The maximum absolute atomic E-state index is 13.3. The number of carbonyl (C=O) groups is 1. The lowest BCUT2D eigenvalue weighted by atomic mass is 10.1. The Bertz CT molecular complexity index is 1200. The molecule has 2 aromatic carbocycles. The van der Waals surface area contributed by atoms with Crippen molar-refractivity contribution in [2.75, 3.05) is 11.4 Å². The molecule has 0 unspecified atom stereocenters. The van der Waals surface area contributed by atoms with Crippen molar-refractivity contribution in [2.24, 2.45) is 0 Å². The monoisotopic (exact) mass is 411 g/mol. The van der Waals surface area contributed by atoms with Gasteiger partial charge in [-0.3, -0.25) is 9.78 Å². The topological polar surface area (TPSA) is 46.1 Å². The smallest absolute Gasteiger partial charge is 0.232 e. The molecule has 0 aliphatic carbocycles. The highest BCUT2D eigenvalue weighted by Crippen LogP contribution is 2.35. The molecule has 0 atom stereocenters. The number of para-hydroxylation sites is 1. The van der Waals surface area contributed by atoms with Gasteiger partial charge in [-0.25, -0.2) is 4.98 Å². The average Bonchev–Trinajstić information content (AvgIpc) is 3.39. The number of aryl methyl sites for hydroxylation is 1. The maximum atomic E-state index is 13.3. The third-order valence-corrected chi connectivity index (χ3v) is 6.54. The van der Waals surface area contributed by atoms with Crippen LogP contribution in [0.25, 0.3) is 21.8 Å². The van der Waals surface area contributed by atoms with Gasteiger partial charge in [-0.1, -0.05) is 48.0 Å². The fourth-order valence-corrected chi connectivity index (χ4v) is 4.92. The van der Waals surface area contributed by atoms with Gasteiger partial charge < -0.3 is 4.90 Å². The number of nitrogens with zero attached hydrogens (tertiary/aromatic N) is 3. The SMILES string of the molecule is Cc1ccc(-c2nc(-c3cccnc3)sc2CC(=O)N2CCc3ccccc32)cc1. The Labute approximate surface area is 179 Å². The molecule has 4 nitrogen and oxygen atoms in total. The highest BCUT2D eigenvalue weighted by Gasteiger charge is 2.26. The minimum atomic E-state index is 0.120. The fourth-order valence-electron chi connectivity index (χ4n) is 3.85. The number of hydrogen-bond donors (Lipinski definition) is 0. The van der Waals surface area contributed by atoms with Gasteiger partial charge in [-0.05, 0) is 37.1 Å². The summed E-state index contributed by atoms with van der Waals surface area (Å²) in [4.78, 5) is 25.3. The first-order valence-corrected chi connectivity index (χ1v) is 10.9. The van der Waals surface area contributed by atoms with E-state index in [0.717, 1.165) is 45.4 Å². The van der Waals surface area contributed by atoms with Crippen molar-refractivity contribution in [2.45, 2.75) is 19.8 Å². The summed E-state index contributed by atoms with van der Waals surface area (Å²) in [5, 5.41) is 0.892. The molecule has 0 saturated carbocycles. The zero-order valence-corrected chi connectivity index (χ0v) is 17.5. The van der Waals surface area contributed by atoms with Crippen molar-refractivity contribution in [3.63, 3.8) is 0 Å². The largest absolute Gasteiger partial charge is 0.312 e. The first-order valence-electron chi connectivity index (χ1n) is 10.0. The third-order valence-electron chi connectivity index (χ3n) is 5.43. The number of hydrogen-bond acceptors (Lipinski definition) is 4. The van der Waals surface area contributed by atoms with E-state index in [1.165, 1.54) is 11.1 Å². The number of benzene rings is 2. The highest BCUT2D eigenvalue weighted by atomic mass is 32.1. The number of carbonyl (C=O) groups excluding carboxylic acids is 1. The molecular weight excluding hydrogens is 390 g/mol. The minimum Gasteiger partial charge on any atom is -0.312 e. The van der Waals surface area contributed by atoms with Crippen molar-refractivity contribution in [3.05, 3.63) is 89.1 Å². The lowest BCUT2D eigenvalue weighted by Gasteiger charge is -2.17. The van der Waals surface area contributed by atoms with Gasteiger partial charge in [0.25, 0.3) is 0 Å². The number of fused-ring (bicyclic) bond motifs is 1. The molecule has 0 N–H and O–H groups in total. The highest BCUT2D eigenvalue weighted by molar-refractivity contribution is 7.15. The lowest BCUT2D eigenvalue weighted by Crippen LogP contribution is -2.30. The second kappa shape index (κ2) is 7.84. The molecule has 30 heavy (non-hydrogen) atoms. The molecule has 0 radical (unpaired) electrons. The van der Waals surface area contributed by atoms with Gasteiger partial charge in [0.1, 0.15) is 5.01 Å². The van der Waals surface area contributed by atoms with E-state index in [0.29, 0.717) is 6.42 Å². The quantitative estimate of drug-likeness (QED) is 0.457. The van der Waals surface area contributed by atoms with Crippen LogP contribution in [-0.2, 0) is 17.6 Å². The summed E-state index contributed by atoms with van der Waals surface area (Å²) < 4.78 is 0. The predicted octanol–water partition coefficient (Wildman–Crippen LogP) is 5.31. The van der Waals surface area contributed by atoms with Gasteiger partial charge >= 0.3 is 0 Å². The molecule has 148 valence electrons. The Kier molecular flexibility index (Phi) is 4.89. The summed E-state index contributed by atoms with van der Waals surface area (Å²) in [6.45, 7) is 2.81. The molecule has 1 aliphatic rings. The van der Waals surface area contributed by atoms with Crippen LogP contribution < -0.4 is 4.90 Å². The number of thiazole rings is 1. The van der Waals surface area contributed by atoms with E-state index in [1.807, 2.05) is 41.4 Å². The van der Waals surface area contributed by atoms with E-state index >= 15 is 0 Å². The molecule has 2 aromatic heterocycles. The van der Waals surface area contributed by atoms with Crippen molar-refractivity contribution >= 4 is 22.9 Å². The van der Waals surface area contributed by atoms with Crippen LogP contribution in [0.3, 0.4) is 0 Å². The van der Waals surface area contributed by atoms with Crippen LogP contribution in [0.4, 0.5) is 5.69 Å². The zero-order chi connectivity index (χ0) is 20.5. The summed E-state index contributed by atoms with van der Waals surface area (Å²) in [6.07, 6.45) is 4.83. The molecular formula is C25H21N3OS. The van der Waals surface area contributed by atoms with Gasteiger partial charge in [0, 0.05) is 40.6 Å². The van der Waals surface area contributed by atoms with Crippen LogP contribution in [0.2, 0.25) is 0 Å². The van der Waals surface area contributed by atoms with Crippen LogP contribution in [0.15, 0.2) is 73.1 Å². The Morgan fingerprint density at radius 1 is 1.03 bits per heavy atom. The van der Waals surface area contributed by atoms with E-state index in [4.69, 9.17) is 4.98 Å². The first-order chi connectivity index (χ1) is 14.7. The Morgan fingerprint density at radius 2 is 1.87 bits per heavy atom. The summed E-state index contributed by atoms with van der Waals surface area (Å²) in [6, 6.07) is 20.4. The van der Waals surface area contributed by atoms with E-state index in [2.05, 4.69) is 42.2 Å². The van der Waals surface area contributed by atoms with Crippen LogP contribution >= 0.6 is 11.3 Å². The standard InChI is InChI=1S/C25H21N3OS/c1-17-8-10-19(11-9-17)24-22(30-25(27-24)20-6-4-13-26-16-20)15-23(29)28-14-12-18-5-2-3-7-21(18)28/h2-11,13,16H,12,14-15H2,1H3. The average molecular weight is 412 g/mol. The minimum absolute atomic E-state index is 0.120. The van der Waals surface area contributed by atoms with Crippen LogP contribution in [0.5, 0.6) is 0 Å². The van der Waals surface area contributed by atoms with Crippen LogP contribution in [-0.4, -0.2) is 22.4 Å². The summed E-state index contributed by atoms with van der Waals surface area (Å²) >= 11 is 1.58. The molecule has 0 spiro atoms. The number of anilines is 1. The molecule has 3 heterocycles. The zero-order valence-electron chi connectivity index (χ0n) is 16.7. The second-order valence-corrected chi connectivity index (χ2v) is 8.58. The van der Waals surface area contributed by atoms with E-state index in [1.54, 1.807) is 17.5 Å². The van der Waals surface area contributed by atoms with Crippen molar-refractivity contribution in [1.29, 1.82) is 0 Å². The molecule has 0 fully saturated rings.